The van der Waals surface area contributed by atoms with Gasteiger partial charge in [0.2, 0.25) is 0 Å². The highest BCUT2D eigenvalue weighted by Crippen LogP contribution is 2.27. The van der Waals surface area contributed by atoms with Gasteiger partial charge in [0.15, 0.2) is 6.73 Å². The molecule has 1 aromatic carbocycles. The molecule has 0 saturated carbocycles. The Balaban J connectivity index is 1.50. The van der Waals surface area contributed by atoms with Gasteiger partial charge in [-0.25, -0.2) is 4.68 Å². The maximum absolute atomic E-state index is 12.2. The van der Waals surface area contributed by atoms with Crippen molar-refractivity contribution in [3.63, 3.8) is 0 Å². The van der Waals surface area contributed by atoms with Gasteiger partial charge in [0, 0.05) is 17.8 Å². The van der Waals surface area contributed by atoms with Crippen LogP contribution in [0.4, 0.5) is 5.82 Å². The first-order valence-electron chi connectivity index (χ1n) is 8.42. The molecule has 1 N–H and O–H groups in total. The highest BCUT2D eigenvalue weighted by molar-refractivity contribution is 6.35. The van der Waals surface area contributed by atoms with Crippen molar-refractivity contribution in [3.05, 3.63) is 68.1 Å². The van der Waals surface area contributed by atoms with Crippen LogP contribution in [0.25, 0.3) is 0 Å². The molecule has 0 aliphatic carbocycles. The van der Waals surface area contributed by atoms with E-state index in [4.69, 9.17) is 27.9 Å². The minimum absolute atomic E-state index is 0.0603. The zero-order valence-electron chi connectivity index (χ0n) is 15.2. The fraction of sp³-hybridized carbons (Fsp3) is 0.235. The monoisotopic (exact) mass is 438 g/mol. The van der Waals surface area contributed by atoms with Gasteiger partial charge in [-0.3, -0.25) is 4.79 Å². The molecule has 0 saturated heterocycles. The first-order valence-corrected chi connectivity index (χ1v) is 9.17. The van der Waals surface area contributed by atoms with E-state index >= 15 is 0 Å². The van der Waals surface area contributed by atoms with Gasteiger partial charge in [0.1, 0.15) is 11.4 Å². The van der Waals surface area contributed by atoms with Gasteiger partial charge in [-0.05, 0) is 36.1 Å². The molecular weight excluding hydrogens is 423 g/mol. The van der Waals surface area contributed by atoms with Crippen LogP contribution in [-0.2, 0) is 13.3 Å². The van der Waals surface area contributed by atoms with E-state index in [1.54, 1.807) is 37.4 Å². The standard InChI is InChI=1S/C17H16Cl2N6O4/c1-11-8-16(25(27)28)22-24(11)7-5-20-17(26)14-4-6-23(21-14)10-29-15-3-2-12(18)9-13(15)19/h2-4,6,8-9H,5,7,10H2,1H3,(H,20,26). The number of carbonyl (C=O) groups excluding carboxylic acids is 1. The summed E-state index contributed by atoms with van der Waals surface area (Å²) in [5, 5.41) is 22.3. The fourth-order valence-corrected chi connectivity index (χ4v) is 2.92. The molecule has 0 radical (unpaired) electrons. The number of benzene rings is 1. The third-order valence-electron chi connectivity index (χ3n) is 3.88. The van der Waals surface area contributed by atoms with E-state index in [-0.39, 0.29) is 30.7 Å². The average molecular weight is 439 g/mol. The van der Waals surface area contributed by atoms with Crippen LogP contribution in [0.5, 0.6) is 5.75 Å². The molecule has 152 valence electrons. The molecule has 0 aliphatic rings. The smallest absolute Gasteiger partial charge is 0.390 e. The molecule has 12 heteroatoms. The van der Waals surface area contributed by atoms with Crippen molar-refractivity contribution >= 4 is 34.9 Å². The Hall–Kier alpha value is -3.11. The first-order chi connectivity index (χ1) is 13.8. The zero-order chi connectivity index (χ0) is 21.0. The maximum atomic E-state index is 12.2. The second-order valence-electron chi connectivity index (χ2n) is 5.97. The van der Waals surface area contributed by atoms with Gasteiger partial charge < -0.3 is 20.2 Å². The summed E-state index contributed by atoms with van der Waals surface area (Å²) in [5.74, 6) is -0.165. The van der Waals surface area contributed by atoms with Crippen molar-refractivity contribution in [2.24, 2.45) is 0 Å². The minimum Gasteiger partial charge on any atom is -0.470 e. The van der Waals surface area contributed by atoms with Gasteiger partial charge in [-0.1, -0.05) is 23.2 Å². The molecule has 0 fully saturated rings. The molecule has 0 spiro atoms. The summed E-state index contributed by atoms with van der Waals surface area (Å²) in [7, 11) is 0. The number of nitro groups is 1. The number of nitrogens with one attached hydrogen (secondary N) is 1. The van der Waals surface area contributed by atoms with Gasteiger partial charge in [-0.15, -0.1) is 0 Å². The topological polar surface area (TPSA) is 117 Å². The Bertz CT molecular complexity index is 1050. The SMILES string of the molecule is Cc1cc([N+](=O)[O-])nn1CCNC(=O)c1ccn(COc2ccc(Cl)cc2Cl)n1. The van der Waals surface area contributed by atoms with Crippen LogP contribution < -0.4 is 10.1 Å². The summed E-state index contributed by atoms with van der Waals surface area (Å²) in [6.45, 7) is 2.30. The van der Waals surface area contributed by atoms with E-state index in [0.29, 0.717) is 28.0 Å². The number of ether oxygens (including phenoxy) is 1. The molecule has 29 heavy (non-hydrogen) atoms. The van der Waals surface area contributed by atoms with E-state index in [1.807, 2.05) is 0 Å². The minimum atomic E-state index is -0.561. The molecule has 3 aromatic rings. The Kier molecular flexibility index (Phi) is 6.35. The van der Waals surface area contributed by atoms with Gasteiger partial charge in [-0.2, -0.15) is 9.78 Å². The molecule has 0 bridgehead atoms. The van der Waals surface area contributed by atoms with Crippen molar-refractivity contribution in [1.82, 2.24) is 24.9 Å². The van der Waals surface area contributed by atoms with E-state index < -0.39 is 4.92 Å². The number of halogens is 2. The molecule has 2 heterocycles. The molecule has 0 atom stereocenters. The number of hydrogen-bond donors (Lipinski definition) is 1. The summed E-state index contributed by atoms with van der Waals surface area (Å²) in [6, 6.07) is 7.78. The number of carbonyl (C=O) groups is 1. The largest absolute Gasteiger partial charge is 0.470 e. The molecule has 0 aliphatic heterocycles. The van der Waals surface area contributed by atoms with Crippen LogP contribution in [0.15, 0.2) is 36.5 Å². The second-order valence-corrected chi connectivity index (χ2v) is 6.81. The van der Waals surface area contributed by atoms with E-state index in [9.17, 15) is 14.9 Å². The van der Waals surface area contributed by atoms with Crippen LogP contribution in [0, 0.1) is 17.0 Å². The lowest BCUT2D eigenvalue weighted by Gasteiger charge is -2.08. The maximum Gasteiger partial charge on any atom is 0.390 e. The summed E-state index contributed by atoms with van der Waals surface area (Å²) in [6.07, 6.45) is 1.60. The number of aromatic nitrogens is 4. The van der Waals surface area contributed by atoms with Crippen molar-refractivity contribution in [2.75, 3.05) is 6.54 Å². The van der Waals surface area contributed by atoms with Crippen molar-refractivity contribution in [1.29, 1.82) is 0 Å². The second kappa shape index (κ2) is 8.93. The Morgan fingerprint density at radius 2 is 2.07 bits per heavy atom. The lowest BCUT2D eigenvalue weighted by Crippen LogP contribution is -2.28. The zero-order valence-corrected chi connectivity index (χ0v) is 16.7. The Morgan fingerprint density at radius 3 is 2.76 bits per heavy atom. The van der Waals surface area contributed by atoms with E-state index in [2.05, 4.69) is 15.5 Å². The van der Waals surface area contributed by atoms with Gasteiger partial charge in [0.25, 0.3) is 5.91 Å². The quantitative estimate of drug-likeness (QED) is 0.426. The third kappa shape index (κ3) is 5.24. The first kappa shape index (κ1) is 20.6. The molecule has 10 nitrogen and oxygen atoms in total. The van der Waals surface area contributed by atoms with Crippen molar-refractivity contribution in [2.45, 2.75) is 20.2 Å². The fourth-order valence-electron chi connectivity index (χ4n) is 2.46. The Morgan fingerprint density at radius 1 is 1.28 bits per heavy atom. The molecule has 1 amide bonds. The number of amides is 1. The summed E-state index contributed by atoms with van der Waals surface area (Å²) < 4.78 is 8.46. The van der Waals surface area contributed by atoms with Crippen LogP contribution in [-0.4, -0.2) is 36.9 Å². The lowest BCUT2D eigenvalue weighted by atomic mass is 10.3. The van der Waals surface area contributed by atoms with Crippen LogP contribution in [0.3, 0.4) is 0 Å². The predicted octanol–water partition coefficient (Wildman–Crippen LogP) is 3.07. The number of aryl methyl sites for hydroxylation is 1. The third-order valence-corrected chi connectivity index (χ3v) is 4.41. The number of nitrogens with zero attached hydrogens (tertiary/aromatic N) is 5. The van der Waals surface area contributed by atoms with Crippen LogP contribution >= 0.6 is 23.2 Å². The number of hydrogen-bond acceptors (Lipinski definition) is 6. The predicted molar refractivity (Wildman–Crippen MR) is 105 cm³/mol. The summed E-state index contributed by atoms with van der Waals surface area (Å²) in [5.41, 5.74) is 0.840. The van der Waals surface area contributed by atoms with Gasteiger partial charge >= 0.3 is 5.82 Å². The van der Waals surface area contributed by atoms with Gasteiger partial charge in [0.05, 0.1) is 28.4 Å². The van der Waals surface area contributed by atoms with Crippen LogP contribution in [0.2, 0.25) is 10.0 Å². The average Bonchev–Trinajstić information content (AvgIpc) is 3.28. The molecule has 0 unspecified atom stereocenters. The molecule has 2 aromatic heterocycles. The lowest BCUT2D eigenvalue weighted by molar-refractivity contribution is -0.389. The van der Waals surface area contributed by atoms with Crippen LogP contribution in [0.1, 0.15) is 16.2 Å². The normalized spacial score (nSPS) is 10.7. The highest BCUT2D eigenvalue weighted by atomic mass is 35.5. The van der Waals surface area contributed by atoms with Crippen molar-refractivity contribution < 1.29 is 14.5 Å². The highest BCUT2D eigenvalue weighted by Gasteiger charge is 2.16. The van der Waals surface area contributed by atoms with Crippen molar-refractivity contribution in [3.8, 4) is 5.75 Å². The summed E-state index contributed by atoms with van der Waals surface area (Å²) in [4.78, 5) is 22.4. The van der Waals surface area contributed by atoms with E-state index in [0.717, 1.165) is 0 Å². The molecular formula is C17H16Cl2N6O4. The molecule has 3 rings (SSSR count). The summed E-state index contributed by atoms with van der Waals surface area (Å²) >= 11 is 11.9. The van der Waals surface area contributed by atoms with E-state index in [1.165, 1.54) is 15.4 Å². The number of rotatable bonds is 8. The Labute approximate surface area is 175 Å².